The van der Waals surface area contributed by atoms with Gasteiger partial charge in [-0.05, 0) is 25.7 Å². The molecule has 3 heterocycles. The van der Waals surface area contributed by atoms with Crippen LogP contribution in [0.15, 0.2) is 23.0 Å². The molecule has 1 unspecified atom stereocenters. The van der Waals surface area contributed by atoms with Crippen LogP contribution in [0.2, 0.25) is 0 Å². The van der Waals surface area contributed by atoms with E-state index in [2.05, 4.69) is 14.4 Å². The lowest BCUT2D eigenvalue weighted by molar-refractivity contribution is -0.133. The lowest BCUT2D eigenvalue weighted by Crippen LogP contribution is -2.20. The van der Waals surface area contributed by atoms with Crippen molar-refractivity contribution in [2.45, 2.75) is 37.4 Å². The van der Waals surface area contributed by atoms with Crippen molar-refractivity contribution in [1.82, 2.24) is 9.38 Å². The Balaban J connectivity index is 1.60. The predicted molar refractivity (Wildman–Crippen MR) is 100 cm³/mol. The standard InChI is InChI=1S/C17H17N3O4S2/c21-15(22)10-6-18-11(16(23)24)8-25-14(10)5-9-7-20-12-3-1-2-4-13(12)26-17(20)19-9/h6-7,14H,1-5,8H2,(H,21,22)(H,23,24). The number of aliphatic carboxylic acids is 2. The minimum atomic E-state index is -1.12. The van der Waals surface area contributed by atoms with Crippen LogP contribution in [0.4, 0.5) is 0 Å². The predicted octanol–water partition coefficient (Wildman–Crippen LogP) is 2.43. The summed E-state index contributed by atoms with van der Waals surface area (Å²) in [6.45, 7) is 0. The van der Waals surface area contributed by atoms with Gasteiger partial charge in [0.25, 0.3) is 0 Å². The van der Waals surface area contributed by atoms with Crippen LogP contribution in [0.3, 0.4) is 0 Å². The molecule has 0 radical (unpaired) electrons. The lowest BCUT2D eigenvalue weighted by Gasteiger charge is -2.14. The fourth-order valence-electron chi connectivity index (χ4n) is 3.32. The van der Waals surface area contributed by atoms with E-state index in [9.17, 15) is 14.7 Å². The molecule has 136 valence electrons. The molecule has 2 aromatic rings. The molecule has 1 aliphatic heterocycles. The number of carbonyl (C=O) groups is 2. The number of carboxylic acids is 2. The molecule has 2 aliphatic rings. The highest BCUT2D eigenvalue weighted by atomic mass is 32.2. The van der Waals surface area contributed by atoms with Crippen LogP contribution < -0.4 is 0 Å². The Morgan fingerprint density at radius 1 is 1.23 bits per heavy atom. The van der Waals surface area contributed by atoms with Gasteiger partial charge in [-0.3, -0.25) is 9.39 Å². The van der Waals surface area contributed by atoms with Gasteiger partial charge in [0.05, 0.1) is 11.3 Å². The van der Waals surface area contributed by atoms with E-state index < -0.39 is 11.9 Å². The molecular weight excluding hydrogens is 374 g/mol. The van der Waals surface area contributed by atoms with E-state index in [0.29, 0.717) is 6.42 Å². The van der Waals surface area contributed by atoms with Crippen molar-refractivity contribution in [3.05, 3.63) is 34.2 Å². The average Bonchev–Trinajstić information content (AvgIpc) is 3.04. The van der Waals surface area contributed by atoms with Crippen LogP contribution >= 0.6 is 23.1 Å². The molecule has 0 saturated heterocycles. The van der Waals surface area contributed by atoms with Gasteiger partial charge in [-0.2, -0.15) is 0 Å². The van der Waals surface area contributed by atoms with Crippen molar-refractivity contribution in [2.75, 3.05) is 5.75 Å². The van der Waals surface area contributed by atoms with Gasteiger partial charge in [-0.15, -0.1) is 23.1 Å². The van der Waals surface area contributed by atoms with Crippen molar-refractivity contribution in [1.29, 1.82) is 0 Å². The summed E-state index contributed by atoms with van der Waals surface area (Å²) < 4.78 is 2.14. The number of thiazole rings is 1. The summed E-state index contributed by atoms with van der Waals surface area (Å²) >= 11 is 3.00. The second kappa shape index (κ2) is 6.88. The van der Waals surface area contributed by atoms with E-state index >= 15 is 0 Å². The van der Waals surface area contributed by atoms with Crippen molar-refractivity contribution in [3.63, 3.8) is 0 Å². The average molecular weight is 391 g/mol. The first-order valence-electron chi connectivity index (χ1n) is 8.36. The minimum absolute atomic E-state index is 0.0313. The number of fused-ring (bicyclic) bond motifs is 3. The van der Waals surface area contributed by atoms with Crippen LogP contribution in [-0.2, 0) is 28.9 Å². The van der Waals surface area contributed by atoms with Gasteiger partial charge in [-0.25, -0.2) is 14.6 Å². The minimum Gasteiger partial charge on any atom is -0.478 e. The molecule has 0 amide bonds. The van der Waals surface area contributed by atoms with Crippen LogP contribution in [0, 0.1) is 0 Å². The quantitative estimate of drug-likeness (QED) is 0.829. The highest BCUT2D eigenvalue weighted by Gasteiger charge is 2.27. The third-order valence-corrected chi connectivity index (χ3v) is 7.05. The number of thioether (sulfide) groups is 1. The highest BCUT2D eigenvalue weighted by Crippen LogP contribution is 2.32. The Morgan fingerprint density at radius 3 is 2.81 bits per heavy atom. The molecule has 1 aliphatic carbocycles. The highest BCUT2D eigenvalue weighted by molar-refractivity contribution is 8.00. The van der Waals surface area contributed by atoms with Gasteiger partial charge >= 0.3 is 11.9 Å². The molecule has 1 atom stereocenters. The fourth-order valence-corrected chi connectivity index (χ4v) is 5.71. The van der Waals surface area contributed by atoms with Gasteiger partial charge in [-0.1, -0.05) is 0 Å². The van der Waals surface area contributed by atoms with E-state index in [-0.39, 0.29) is 22.3 Å². The molecule has 0 saturated carbocycles. The van der Waals surface area contributed by atoms with Crippen molar-refractivity contribution < 1.29 is 19.8 Å². The smallest absolute Gasteiger partial charge is 0.351 e. The number of aryl methyl sites for hydroxylation is 2. The second-order valence-corrected chi connectivity index (χ2v) is 8.59. The Hall–Kier alpha value is -2.13. The topological polar surface area (TPSA) is 104 Å². The largest absolute Gasteiger partial charge is 0.478 e. The number of aromatic nitrogens is 2. The molecule has 0 fully saturated rings. The summed E-state index contributed by atoms with van der Waals surface area (Å²) in [6, 6.07) is 0. The van der Waals surface area contributed by atoms with E-state index in [1.54, 1.807) is 11.3 Å². The number of aliphatic imine (C=N–C) groups is 1. The third kappa shape index (κ3) is 3.16. The fraction of sp³-hybridized carbons (Fsp3) is 0.412. The molecule has 0 bridgehead atoms. The molecule has 0 aromatic carbocycles. The zero-order valence-corrected chi connectivity index (χ0v) is 15.5. The monoisotopic (exact) mass is 391 g/mol. The second-order valence-electron chi connectivity index (χ2n) is 6.34. The van der Waals surface area contributed by atoms with Crippen LogP contribution in [0.5, 0.6) is 0 Å². The number of hydrogen-bond acceptors (Lipinski definition) is 6. The Kier molecular flexibility index (Phi) is 4.58. The molecule has 7 nitrogen and oxygen atoms in total. The summed E-state index contributed by atoms with van der Waals surface area (Å²) in [7, 11) is 0. The van der Waals surface area contributed by atoms with Crippen LogP contribution in [0.25, 0.3) is 4.96 Å². The summed E-state index contributed by atoms with van der Waals surface area (Å²) in [5, 5.41) is 18.2. The van der Waals surface area contributed by atoms with Crippen molar-refractivity contribution in [2.24, 2.45) is 4.99 Å². The van der Waals surface area contributed by atoms with E-state index in [0.717, 1.165) is 23.5 Å². The summed E-state index contributed by atoms with van der Waals surface area (Å²) in [4.78, 5) is 33.6. The summed E-state index contributed by atoms with van der Waals surface area (Å²) in [5.41, 5.74) is 2.24. The Morgan fingerprint density at radius 2 is 2.04 bits per heavy atom. The van der Waals surface area contributed by atoms with E-state index in [1.165, 1.54) is 41.4 Å². The molecule has 9 heteroatoms. The lowest BCUT2D eigenvalue weighted by atomic mass is 10.0. The summed E-state index contributed by atoms with van der Waals surface area (Å²) in [5.74, 6) is -2.02. The first-order valence-corrected chi connectivity index (χ1v) is 10.2. The van der Waals surface area contributed by atoms with Crippen LogP contribution in [0.1, 0.15) is 29.1 Å². The first kappa shape index (κ1) is 17.3. The maximum atomic E-state index is 11.6. The molecule has 26 heavy (non-hydrogen) atoms. The number of hydrogen-bond donors (Lipinski definition) is 2. The Labute approximate surface area is 157 Å². The van der Waals surface area contributed by atoms with E-state index in [1.807, 2.05) is 6.20 Å². The zero-order chi connectivity index (χ0) is 18.3. The SMILES string of the molecule is O=C(O)C1=CN=C(C(=O)O)CSC1Cc1cn2c3c(sc2n1)CCCC3. The molecular formula is C17H17N3O4S2. The van der Waals surface area contributed by atoms with E-state index in [4.69, 9.17) is 5.11 Å². The third-order valence-electron chi connectivity index (χ3n) is 4.63. The van der Waals surface area contributed by atoms with Crippen molar-refractivity contribution in [3.8, 4) is 0 Å². The normalized spacial score (nSPS) is 20.2. The molecule has 0 spiro atoms. The molecule has 2 aromatic heterocycles. The van der Waals surface area contributed by atoms with Gasteiger partial charge in [0, 0.05) is 40.4 Å². The van der Waals surface area contributed by atoms with Gasteiger partial charge in [0.15, 0.2) is 4.96 Å². The first-order chi connectivity index (χ1) is 12.5. The number of nitrogens with zero attached hydrogens (tertiary/aromatic N) is 3. The molecule has 2 N–H and O–H groups in total. The van der Waals surface area contributed by atoms with Gasteiger partial charge in [0.2, 0.25) is 0 Å². The number of rotatable bonds is 4. The van der Waals surface area contributed by atoms with Crippen LogP contribution in [-0.4, -0.2) is 48.3 Å². The van der Waals surface area contributed by atoms with Gasteiger partial charge in [0.1, 0.15) is 5.71 Å². The number of carboxylic acid groups (broad SMARTS) is 2. The van der Waals surface area contributed by atoms with Gasteiger partial charge < -0.3 is 10.2 Å². The maximum Gasteiger partial charge on any atom is 0.351 e. The molecule has 4 rings (SSSR count). The number of imidazole rings is 1. The van der Waals surface area contributed by atoms with Crippen molar-refractivity contribution >= 4 is 45.7 Å². The maximum absolute atomic E-state index is 11.6. The Bertz CT molecular complexity index is 957. The zero-order valence-electron chi connectivity index (χ0n) is 13.8. The summed E-state index contributed by atoms with van der Waals surface area (Å²) in [6.07, 6.45) is 8.19.